The van der Waals surface area contributed by atoms with E-state index in [1.165, 1.54) is 0 Å². The van der Waals surface area contributed by atoms with E-state index >= 15 is 0 Å². The summed E-state index contributed by atoms with van der Waals surface area (Å²) in [6, 6.07) is 6.19. The molecule has 2 amide bonds. The number of likely N-dealkylation sites (N-methyl/N-ethyl adjacent to an activating group) is 1. The van der Waals surface area contributed by atoms with Gasteiger partial charge in [-0.05, 0) is 37.2 Å². The van der Waals surface area contributed by atoms with Gasteiger partial charge in [0.25, 0.3) is 11.8 Å². The Morgan fingerprint density at radius 1 is 1.04 bits per heavy atom. The minimum absolute atomic E-state index is 0.0543. The number of piperazine rings is 1. The van der Waals surface area contributed by atoms with Gasteiger partial charge in [-0.25, -0.2) is 9.69 Å². The largest absolute Gasteiger partial charge is 0.462 e. The molecule has 0 unspecified atom stereocenters. The number of halogens is 1. The van der Waals surface area contributed by atoms with Crippen LogP contribution in [0.1, 0.15) is 30.6 Å². The second-order valence-corrected chi connectivity index (χ2v) is 7.09. The molecule has 1 fully saturated rings. The number of rotatable bonds is 6. The molecule has 0 atom stereocenters. The predicted octanol–water partition coefficient (Wildman–Crippen LogP) is 2.21. The van der Waals surface area contributed by atoms with Crippen LogP contribution in [0.5, 0.6) is 0 Å². The summed E-state index contributed by atoms with van der Waals surface area (Å²) in [6.45, 7) is 8.24. The fraction of sp³-hybridized carbons (Fsp3) is 0.450. The van der Waals surface area contributed by atoms with Crippen LogP contribution in [0.3, 0.4) is 0 Å². The highest BCUT2D eigenvalue weighted by Gasteiger charge is 2.41. The van der Waals surface area contributed by atoms with E-state index in [-0.39, 0.29) is 10.7 Å². The molecule has 0 bridgehead atoms. The number of benzene rings is 1. The summed E-state index contributed by atoms with van der Waals surface area (Å²) in [5.74, 6) is -1.40. The van der Waals surface area contributed by atoms with E-state index < -0.39 is 17.8 Å². The molecule has 28 heavy (non-hydrogen) atoms. The summed E-state index contributed by atoms with van der Waals surface area (Å²) >= 11 is 6.25. The zero-order valence-electron chi connectivity index (χ0n) is 16.1. The maximum absolute atomic E-state index is 13.0. The zero-order valence-corrected chi connectivity index (χ0v) is 16.9. The van der Waals surface area contributed by atoms with Crippen molar-refractivity contribution in [3.05, 3.63) is 40.6 Å². The SMILES string of the molecule is CCCOC(=O)c1ccc(N2C(=O)C(Cl)=C(N3CCN(CC)CC3)C2=O)cc1. The highest BCUT2D eigenvalue weighted by atomic mass is 35.5. The molecule has 2 aliphatic rings. The van der Waals surface area contributed by atoms with Crippen molar-refractivity contribution in [1.29, 1.82) is 0 Å². The van der Waals surface area contributed by atoms with Crippen LogP contribution in [0.4, 0.5) is 5.69 Å². The monoisotopic (exact) mass is 405 g/mol. The van der Waals surface area contributed by atoms with Gasteiger partial charge in [0.15, 0.2) is 0 Å². The Bertz CT molecular complexity index is 798. The van der Waals surface area contributed by atoms with Crippen molar-refractivity contribution in [3.63, 3.8) is 0 Å². The van der Waals surface area contributed by atoms with Gasteiger partial charge in [0.2, 0.25) is 0 Å². The third-order valence-electron chi connectivity index (χ3n) is 4.94. The minimum atomic E-state index is -0.541. The molecular weight excluding hydrogens is 382 g/mol. The molecule has 1 aromatic carbocycles. The molecular formula is C20H24ClN3O4. The predicted molar refractivity (Wildman–Crippen MR) is 106 cm³/mol. The molecule has 1 aromatic rings. The van der Waals surface area contributed by atoms with E-state index in [1.54, 1.807) is 24.3 Å². The maximum atomic E-state index is 13.0. The van der Waals surface area contributed by atoms with Crippen LogP contribution in [0.15, 0.2) is 35.0 Å². The molecule has 2 heterocycles. The summed E-state index contributed by atoms with van der Waals surface area (Å²) in [7, 11) is 0. The van der Waals surface area contributed by atoms with Crippen LogP contribution in [0.25, 0.3) is 0 Å². The Kier molecular flexibility index (Phi) is 6.36. The first kappa shape index (κ1) is 20.4. The Labute approximate surface area is 169 Å². The lowest BCUT2D eigenvalue weighted by Gasteiger charge is -2.35. The van der Waals surface area contributed by atoms with Gasteiger partial charge in [-0.2, -0.15) is 0 Å². The molecule has 0 aromatic heterocycles. The number of amides is 2. The first-order valence-electron chi connectivity index (χ1n) is 9.51. The Hall–Kier alpha value is -2.38. The third-order valence-corrected chi connectivity index (χ3v) is 5.28. The van der Waals surface area contributed by atoms with Gasteiger partial charge in [-0.15, -0.1) is 0 Å². The minimum Gasteiger partial charge on any atom is -0.462 e. The number of esters is 1. The van der Waals surface area contributed by atoms with Gasteiger partial charge in [-0.3, -0.25) is 9.59 Å². The lowest BCUT2D eigenvalue weighted by molar-refractivity contribution is -0.121. The van der Waals surface area contributed by atoms with Crippen LogP contribution in [0.2, 0.25) is 0 Å². The van der Waals surface area contributed by atoms with Crippen LogP contribution >= 0.6 is 11.6 Å². The first-order chi connectivity index (χ1) is 13.5. The second-order valence-electron chi connectivity index (χ2n) is 6.71. The summed E-state index contributed by atoms with van der Waals surface area (Å²) in [5.41, 5.74) is 1.00. The Morgan fingerprint density at radius 2 is 1.68 bits per heavy atom. The van der Waals surface area contributed by atoms with Crippen molar-refractivity contribution in [2.45, 2.75) is 20.3 Å². The van der Waals surface area contributed by atoms with Gasteiger partial charge in [0.05, 0.1) is 17.9 Å². The molecule has 8 heteroatoms. The van der Waals surface area contributed by atoms with Gasteiger partial charge < -0.3 is 14.5 Å². The number of hydrogen-bond acceptors (Lipinski definition) is 6. The molecule has 0 N–H and O–H groups in total. The van der Waals surface area contributed by atoms with Gasteiger partial charge in [0.1, 0.15) is 10.7 Å². The van der Waals surface area contributed by atoms with Crippen LogP contribution in [-0.2, 0) is 14.3 Å². The molecule has 1 saturated heterocycles. The lowest BCUT2D eigenvalue weighted by Crippen LogP contribution is -2.47. The van der Waals surface area contributed by atoms with E-state index in [2.05, 4.69) is 11.8 Å². The van der Waals surface area contributed by atoms with E-state index in [0.717, 1.165) is 31.0 Å². The third kappa shape index (κ3) is 3.91. The molecule has 0 spiro atoms. The van der Waals surface area contributed by atoms with Crippen molar-refractivity contribution in [3.8, 4) is 0 Å². The molecule has 0 radical (unpaired) electrons. The molecule has 150 valence electrons. The van der Waals surface area contributed by atoms with Crippen LogP contribution in [0, 0.1) is 0 Å². The van der Waals surface area contributed by atoms with Crippen molar-refractivity contribution in [1.82, 2.24) is 9.80 Å². The number of ether oxygens (including phenoxy) is 1. The molecule has 0 saturated carbocycles. The summed E-state index contributed by atoms with van der Waals surface area (Å²) < 4.78 is 5.09. The number of nitrogens with zero attached hydrogens (tertiary/aromatic N) is 3. The summed E-state index contributed by atoms with van der Waals surface area (Å²) in [5, 5.41) is -0.0543. The average Bonchev–Trinajstić information content (AvgIpc) is 2.95. The van der Waals surface area contributed by atoms with Crippen LogP contribution in [-0.4, -0.2) is 66.9 Å². The first-order valence-corrected chi connectivity index (χ1v) is 9.88. The highest BCUT2D eigenvalue weighted by Crippen LogP contribution is 2.31. The summed E-state index contributed by atoms with van der Waals surface area (Å²) in [6.07, 6.45) is 0.736. The molecule has 2 aliphatic heterocycles. The smallest absolute Gasteiger partial charge is 0.338 e. The number of imide groups is 1. The fourth-order valence-electron chi connectivity index (χ4n) is 3.31. The normalized spacial score (nSPS) is 18.2. The lowest BCUT2D eigenvalue weighted by atomic mass is 10.2. The number of carbonyl (C=O) groups excluding carboxylic acids is 3. The second kappa shape index (κ2) is 8.75. The zero-order chi connectivity index (χ0) is 20.3. The van der Waals surface area contributed by atoms with Gasteiger partial charge >= 0.3 is 5.97 Å². The molecule has 7 nitrogen and oxygen atoms in total. The quantitative estimate of drug-likeness (QED) is 0.534. The Morgan fingerprint density at radius 3 is 2.25 bits per heavy atom. The van der Waals surface area contributed by atoms with E-state index in [0.29, 0.717) is 30.9 Å². The van der Waals surface area contributed by atoms with Crippen molar-refractivity contribution in [2.75, 3.05) is 44.2 Å². The number of hydrogen-bond donors (Lipinski definition) is 0. The van der Waals surface area contributed by atoms with Gasteiger partial charge in [-0.1, -0.05) is 25.4 Å². The van der Waals surface area contributed by atoms with Crippen molar-refractivity contribution >= 4 is 35.1 Å². The van der Waals surface area contributed by atoms with E-state index in [1.807, 2.05) is 11.8 Å². The maximum Gasteiger partial charge on any atom is 0.338 e. The Balaban J connectivity index is 1.75. The standard InChI is InChI=1S/C20H24ClN3O4/c1-3-13-28-20(27)14-5-7-15(8-6-14)24-18(25)16(21)17(19(24)26)23-11-9-22(4-2)10-12-23/h5-8H,3-4,9-13H2,1-2H3. The van der Waals surface area contributed by atoms with Crippen molar-refractivity contribution < 1.29 is 19.1 Å². The fourth-order valence-corrected chi connectivity index (χ4v) is 3.60. The number of anilines is 1. The number of carbonyl (C=O) groups is 3. The van der Waals surface area contributed by atoms with E-state index in [4.69, 9.17) is 16.3 Å². The average molecular weight is 406 g/mol. The summed E-state index contributed by atoms with van der Waals surface area (Å²) in [4.78, 5) is 42.7. The topological polar surface area (TPSA) is 70.2 Å². The van der Waals surface area contributed by atoms with Crippen LogP contribution < -0.4 is 4.90 Å². The van der Waals surface area contributed by atoms with Crippen molar-refractivity contribution in [2.24, 2.45) is 0 Å². The molecule has 0 aliphatic carbocycles. The van der Waals surface area contributed by atoms with Gasteiger partial charge in [0, 0.05) is 26.2 Å². The van der Waals surface area contributed by atoms with E-state index in [9.17, 15) is 14.4 Å². The molecule has 3 rings (SSSR count). The highest BCUT2D eigenvalue weighted by molar-refractivity contribution is 6.52.